The fraction of sp³-hybridized carbons (Fsp3) is 0.167. The number of ether oxygens (including phenoxy) is 2. The molecule has 0 fully saturated rings. The average molecular weight is 232 g/mol. The molecule has 5 heteroatoms. The summed E-state index contributed by atoms with van der Waals surface area (Å²) in [5.74, 6) is 1.24. The Morgan fingerprint density at radius 3 is 2.53 bits per heavy atom. The zero-order valence-electron chi connectivity index (χ0n) is 9.56. The van der Waals surface area contributed by atoms with Gasteiger partial charge in [-0.15, -0.1) is 0 Å². The number of aromatic amines is 1. The third-order valence-electron chi connectivity index (χ3n) is 2.36. The molecule has 0 saturated carbocycles. The van der Waals surface area contributed by atoms with Crippen molar-refractivity contribution in [2.75, 3.05) is 14.2 Å². The van der Waals surface area contributed by atoms with Crippen molar-refractivity contribution in [1.82, 2.24) is 9.97 Å². The predicted molar refractivity (Wildman–Crippen MR) is 63.4 cm³/mol. The molecule has 1 aromatic carbocycles. The van der Waals surface area contributed by atoms with Crippen LogP contribution in [0.5, 0.6) is 11.5 Å². The molecule has 0 spiro atoms. The summed E-state index contributed by atoms with van der Waals surface area (Å²) in [6.07, 6.45) is 1.37. The molecule has 0 unspecified atom stereocenters. The predicted octanol–water partition coefficient (Wildman–Crippen LogP) is 1.45. The summed E-state index contributed by atoms with van der Waals surface area (Å²) in [6, 6.07) is 6.81. The summed E-state index contributed by atoms with van der Waals surface area (Å²) < 4.78 is 10.3. The minimum Gasteiger partial charge on any atom is -0.493 e. The highest BCUT2D eigenvalue weighted by molar-refractivity contribution is 5.63. The first kappa shape index (κ1) is 11.2. The lowest BCUT2D eigenvalue weighted by molar-refractivity contribution is 0.355. The quantitative estimate of drug-likeness (QED) is 0.870. The molecular formula is C12H12N2O3. The van der Waals surface area contributed by atoms with Gasteiger partial charge in [0.05, 0.1) is 26.2 Å². The molecule has 0 atom stereocenters. The summed E-state index contributed by atoms with van der Waals surface area (Å²) in [5, 5.41) is 0. The highest BCUT2D eigenvalue weighted by Crippen LogP contribution is 2.30. The number of methoxy groups -OCH3 is 2. The Morgan fingerprint density at radius 1 is 1.12 bits per heavy atom. The number of nitrogens with zero attached hydrogens (tertiary/aromatic N) is 1. The number of nitrogens with one attached hydrogen (secondary N) is 1. The molecule has 0 bridgehead atoms. The van der Waals surface area contributed by atoms with Crippen molar-refractivity contribution in [3.63, 3.8) is 0 Å². The molecular weight excluding hydrogens is 220 g/mol. The smallest absolute Gasteiger partial charge is 0.251 e. The van der Waals surface area contributed by atoms with Crippen LogP contribution in [0.25, 0.3) is 11.3 Å². The summed E-state index contributed by atoms with van der Waals surface area (Å²) in [5.41, 5.74) is 1.20. The van der Waals surface area contributed by atoms with Gasteiger partial charge in [0.15, 0.2) is 11.5 Å². The Bertz CT molecular complexity index is 578. The third kappa shape index (κ3) is 2.28. The molecule has 5 nitrogen and oxygen atoms in total. The maximum Gasteiger partial charge on any atom is 0.251 e. The van der Waals surface area contributed by atoms with E-state index in [-0.39, 0.29) is 5.56 Å². The van der Waals surface area contributed by atoms with Crippen molar-refractivity contribution in [2.45, 2.75) is 0 Å². The molecule has 0 saturated heterocycles. The van der Waals surface area contributed by atoms with E-state index in [4.69, 9.17) is 9.47 Å². The highest BCUT2D eigenvalue weighted by atomic mass is 16.5. The van der Waals surface area contributed by atoms with Crippen LogP contribution in [0.1, 0.15) is 0 Å². The van der Waals surface area contributed by atoms with Crippen molar-refractivity contribution in [3.05, 3.63) is 40.9 Å². The van der Waals surface area contributed by atoms with E-state index in [0.717, 1.165) is 5.56 Å². The molecule has 2 rings (SSSR count). The molecule has 2 aromatic rings. The van der Waals surface area contributed by atoms with E-state index < -0.39 is 0 Å². The van der Waals surface area contributed by atoms with Gasteiger partial charge in [0, 0.05) is 11.6 Å². The van der Waals surface area contributed by atoms with Crippen LogP contribution >= 0.6 is 0 Å². The van der Waals surface area contributed by atoms with E-state index >= 15 is 0 Å². The van der Waals surface area contributed by atoms with Crippen molar-refractivity contribution in [1.29, 1.82) is 0 Å². The lowest BCUT2D eigenvalue weighted by Gasteiger charge is -2.08. The number of benzene rings is 1. The van der Waals surface area contributed by atoms with E-state index in [1.165, 1.54) is 12.4 Å². The second kappa shape index (κ2) is 4.69. The van der Waals surface area contributed by atoms with Crippen LogP contribution in [0.4, 0.5) is 0 Å². The summed E-state index contributed by atoms with van der Waals surface area (Å²) in [6.45, 7) is 0. The van der Waals surface area contributed by atoms with E-state index in [1.807, 2.05) is 6.07 Å². The van der Waals surface area contributed by atoms with Crippen molar-refractivity contribution in [2.24, 2.45) is 0 Å². The van der Waals surface area contributed by atoms with Gasteiger partial charge in [0.2, 0.25) is 0 Å². The maximum atomic E-state index is 11.2. The monoisotopic (exact) mass is 232 g/mol. The van der Waals surface area contributed by atoms with Crippen LogP contribution in [-0.4, -0.2) is 24.2 Å². The van der Waals surface area contributed by atoms with Crippen LogP contribution < -0.4 is 15.0 Å². The van der Waals surface area contributed by atoms with Crippen LogP contribution in [0, 0.1) is 0 Å². The second-order valence-corrected chi connectivity index (χ2v) is 3.37. The SMILES string of the molecule is COc1ccc(-c2cc(=O)[nH]cn2)cc1OC. The van der Waals surface area contributed by atoms with Crippen LogP contribution in [-0.2, 0) is 0 Å². The molecule has 88 valence electrons. The van der Waals surface area contributed by atoms with Gasteiger partial charge in [-0.1, -0.05) is 0 Å². The Morgan fingerprint density at radius 2 is 1.88 bits per heavy atom. The lowest BCUT2D eigenvalue weighted by atomic mass is 10.1. The Kier molecular flexibility index (Phi) is 3.09. The first-order valence-electron chi connectivity index (χ1n) is 5.01. The average Bonchev–Trinajstić information content (AvgIpc) is 2.38. The highest BCUT2D eigenvalue weighted by Gasteiger charge is 2.07. The molecule has 17 heavy (non-hydrogen) atoms. The number of rotatable bonds is 3. The standard InChI is InChI=1S/C12H12N2O3/c1-16-10-4-3-8(5-11(10)17-2)9-6-12(15)14-7-13-9/h3-7H,1-2H3,(H,13,14,15). The maximum absolute atomic E-state index is 11.2. The Hall–Kier alpha value is -2.30. The number of aromatic nitrogens is 2. The molecule has 0 aliphatic rings. The summed E-state index contributed by atoms with van der Waals surface area (Å²) in [7, 11) is 3.13. The molecule has 0 radical (unpaired) electrons. The van der Waals surface area contributed by atoms with Gasteiger partial charge in [-0.3, -0.25) is 4.79 Å². The number of H-pyrrole nitrogens is 1. The van der Waals surface area contributed by atoms with Gasteiger partial charge in [-0.2, -0.15) is 0 Å². The summed E-state index contributed by atoms with van der Waals surface area (Å²) >= 11 is 0. The van der Waals surface area contributed by atoms with Gasteiger partial charge >= 0.3 is 0 Å². The number of hydrogen-bond donors (Lipinski definition) is 1. The van der Waals surface area contributed by atoms with Crippen LogP contribution in [0.15, 0.2) is 35.4 Å². The first-order valence-corrected chi connectivity index (χ1v) is 5.01. The largest absolute Gasteiger partial charge is 0.493 e. The fourth-order valence-electron chi connectivity index (χ4n) is 1.52. The zero-order valence-corrected chi connectivity index (χ0v) is 9.56. The Labute approximate surface area is 98.0 Å². The molecule has 1 heterocycles. The van der Waals surface area contributed by atoms with E-state index in [2.05, 4.69) is 9.97 Å². The first-order chi connectivity index (χ1) is 8.24. The normalized spacial score (nSPS) is 10.0. The zero-order chi connectivity index (χ0) is 12.3. The fourth-order valence-corrected chi connectivity index (χ4v) is 1.52. The minimum atomic E-state index is -0.190. The summed E-state index contributed by atoms with van der Waals surface area (Å²) in [4.78, 5) is 17.7. The second-order valence-electron chi connectivity index (χ2n) is 3.37. The van der Waals surface area contributed by atoms with E-state index in [1.54, 1.807) is 26.4 Å². The van der Waals surface area contributed by atoms with Gasteiger partial charge < -0.3 is 14.5 Å². The minimum absolute atomic E-state index is 0.190. The van der Waals surface area contributed by atoms with Gasteiger partial charge in [-0.25, -0.2) is 4.98 Å². The lowest BCUT2D eigenvalue weighted by Crippen LogP contribution is -2.04. The van der Waals surface area contributed by atoms with E-state index in [9.17, 15) is 4.79 Å². The molecule has 1 N–H and O–H groups in total. The van der Waals surface area contributed by atoms with Gasteiger partial charge in [0.25, 0.3) is 5.56 Å². The van der Waals surface area contributed by atoms with Crippen LogP contribution in [0.3, 0.4) is 0 Å². The molecule has 0 amide bonds. The Balaban J connectivity index is 2.50. The van der Waals surface area contributed by atoms with Crippen LogP contribution in [0.2, 0.25) is 0 Å². The molecule has 1 aromatic heterocycles. The van der Waals surface area contributed by atoms with E-state index in [0.29, 0.717) is 17.2 Å². The topological polar surface area (TPSA) is 64.2 Å². The van der Waals surface area contributed by atoms with Crippen molar-refractivity contribution >= 4 is 0 Å². The van der Waals surface area contributed by atoms with Gasteiger partial charge in [-0.05, 0) is 18.2 Å². The van der Waals surface area contributed by atoms with Crippen molar-refractivity contribution < 1.29 is 9.47 Å². The third-order valence-corrected chi connectivity index (χ3v) is 2.36. The number of hydrogen-bond acceptors (Lipinski definition) is 4. The molecule has 0 aliphatic heterocycles. The van der Waals surface area contributed by atoms with Gasteiger partial charge in [0.1, 0.15) is 0 Å². The van der Waals surface area contributed by atoms with Crippen molar-refractivity contribution in [3.8, 4) is 22.8 Å². The molecule has 0 aliphatic carbocycles.